The van der Waals surface area contributed by atoms with E-state index in [0.29, 0.717) is 18.0 Å². The van der Waals surface area contributed by atoms with E-state index in [4.69, 9.17) is 11.6 Å². The molecule has 3 aromatic rings. The van der Waals surface area contributed by atoms with Crippen molar-refractivity contribution in [3.05, 3.63) is 105 Å². The molecule has 6 heteroatoms. The number of halogens is 2. The smallest absolute Gasteiger partial charge is 0.243 e. The molecule has 0 aliphatic rings. The van der Waals surface area contributed by atoms with Gasteiger partial charge in [-0.15, -0.1) is 0 Å². The maximum atomic E-state index is 13.7. The minimum absolute atomic E-state index is 0.118. The Bertz CT molecular complexity index is 1110. The highest BCUT2D eigenvalue weighted by molar-refractivity contribution is 9.10. The summed E-state index contributed by atoms with van der Waals surface area (Å²) in [7, 11) is 0. The molecule has 1 N–H and O–H groups in total. The average molecular weight is 542 g/mol. The molecule has 0 radical (unpaired) electrons. The molecule has 0 aliphatic heterocycles. The largest absolute Gasteiger partial charge is 0.350 e. The number of carbonyl (C=O) groups is 2. The van der Waals surface area contributed by atoms with Crippen LogP contribution in [0.2, 0.25) is 5.02 Å². The van der Waals surface area contributed by atoms with E-state index in [2.05, 4.69) is 21.2 Å². The molecular weight excluding hydrogens is 512 g/mol. The van der Waals surface area contributed by atoms with Crippen LogP contribution in [0.15, 0.2) is 83.3 Å². The Hall–Kier alpha value is -2.63. The van der Waals surface area contributed by atoms with Gasteiger partial charge < -0.3 is 10.2 Å². The summed E-state index contributed by atoms with van der Waals surface area (Å²) in [5.41, 5.74) is 2.37. The van der Waals surface area contributed by atoms with Gasteiger partial charge in [0.2, 0.25) is 11.8 Å². The molecule has 0 fully saturated rings. The lowest BCUT2D eigenvalue weighted by Gasteiger charge is -2.34. The Balaban J connectivity index is 1.98. The molecule has 0 aromatic heterocycles. The minimum Gasteiger partial charge on any atom is -0.350 e. The molecule has 3 rings (SSSR count). The van der Waals surface area contributed by atoms with Crippen LogP contribution in [-0.4, -0.2) is 28.3 Å². The SMILES string of the molecule is CC(C)(C)NC(=O)[C@H](Cc1ccccc1)N(Cc1cccc(Br)c1)C(=O)Cc1ccc(Cl)cc1. The first-order chi connectivity index (χ1) is 16.1. The Morgan fingerprint density at radius 2 is 1.56 bits per heavy atom. The molecule has 0 unspecified atom stereocenters. The Kier molecular flexibility index (Phi) is 8.92. The summed E-state index contributed by atoms with van der Waals surface area (Å²) in [5, 5.41) is 3.70. The number of nitrogens with one attached hydrogen (secondary N) is 1. The van der Waals surface area contributed by atoms with Crippen LogP contribution in [0.4, 0.5) is 0 Å². The molecule has 2 amide bonds. The predicted molar refractivity (Wildman–Crippen MR) is 142 cm³/mol. The summed E-state index contributed by atoms with van der Waals surface area (Å²) in [5.74, 6) is -0.289. The third-order valence-electron chi connectivity index (χ3n) is 5.28. The number of hydrogen-bond donors (Lipinski definition) is 1. The van der Waals surface area contributed by atoms with Crippen LogP contribution >= 0.6 is 27.5 Å². The van der Waals surface area contributed by atoms with Gasteiger partial charge in [0, 0.05) is 28.0 Å². The van der Waals surface area contributed by atoms with E-state index < -0.39 is 11.6 Å². The lowest BCUT2D eigenvalue weighted by Crippen LogP contribution is -2.54. The predicted octanol–water partition coefficient (Wildman–Crippen LogP) is 6.20. The third-order valence-corrected chi connectivity index (χ3v) is 6.03. The van der Waals surface area contributed by atoms with Crippen LogP contribution in [0, 0.1) is 0 Å². The van der Waals surface area contributed by atoms with Gasteiger partial charge in [-0.3, -0.25) is 9.59 Å². The quantitative estimate of drug-likeness (QED) is 0.369. The van der Waals surface area contributed by atoms with Gasteiger partial charge in [0.25, 0.3) is 0 Å². The van der Waals surface area contributed by atoms with E-state index in [1.807, 2.05) is 87.5 Å². The summed E-state index contributed by atoms with van der Waals surface area (Å²) >= 11 is 9.54. The molecular formula is C28H30BrClN2O2. The fourth-order valence-corrected chi connectivity index (χ4v) is 4.29. The maximum absolute atomic E-state index is 13.7. The van der Waals surface area contributed by atoms with Gasteiger partial charge in [-0.1, -0.05) is 82.1 Å². The van der Waals surface area contributed by atoms with Crippen molar-refractivity contribution < 1.29 is 9.59 Å². The first-order valence-corrected chi connectivity index (χ1v) is 12.4. The number of hydrogen-bond acceptors (Lipinski definition) is 2. The molecule has 34 heavy (non-hydrogen) atoms. The number of amides is 2. The van der Waals surface area contributed by atoms with Gasteiger partial charge in [-0.2, -0.15) is 0 Å². The standard InChI is InChI=1S/C28H30BrClN2O2/c1-28(2,3)31-27(34)25(17-20-8-5-4-6-9-20)32(19-22-10-7-11-23(29)16-22)26(33)18-21-12-14-24(30)15-13-21/h4-16,25H,17-19H2,1-3H3,(H,31,34)/t25-/m0/s1. The highest BCUT2D eigenvalue weighted by Gasteiger charge is 2.32. The summed E-state index contributed by atoms with van der Waals surface area (Å²) in [6.07, 6.45) is 0.600. The number of nitrogens with zero attached hydrogens (tertiary/aromatic N) is 1. The summed E-state index contributed by atoms with van der Waals surface area (Å²) in [6.45, 7) is 6.15. The van der Waals surface area contributed by atoms with Crippen molar-refractivity contribution in [2.24, 2.45) is 0 Å². The molecule has 3 aromatic carbocycles. The fraction of sp³-hybridized carbons (Fsp3) is 0.286. The molecule has 0 heterocycles. The monoisotopic (exact) mass is 540 g/mol. The summed E-state index contributed by atoms with van der Waals surface area (Å²) in [4.78, 5) is 28.9. The molecule has 0 aliphatic carbocycles. The van der Waals surface area contributed by atoms with Crippen molar-refractivity contribution in [2.45, 2.75) is 51.7 Å². The van der Waals surface area contributed by atoms with Crippen molar-refractivity contribution in [3.8, 4) is 0 Å². The van der Waals surface area contributed by atoms with E-state index in [1.54, 1.807) is 17.0 Å². The first kappa shape index (κ1) is 26.0. The zero-order chi connectivity index (χ0) is 24.7. The van der Waals surface area contributed by atoms with E-state index in [0.717, 1.165) is 21.2 Å². The molecule has 1 atom stereocenters. The lowest BCUT2D eigenvalue weighted by atomic mass is 10.00. The second-order valence-corrected chi connectivity index (χ2v) is 10.8. The van der Waals surface area contributed by atoms with Crippen molar-refractivity contribution in [1.29, 1.82) is 0 Å². The Morgan fingerprint density at radius 1 is 0.912 bits per heavy atom. The van der Waals surface area contributed by atoms with Crippen molar-refractivity contribution >= 4 is 39.3 Å². The number of carbonyl (C=O) groups excluding carboxylic acids is 2. The van der Waals surface area contributed by atoms with Crippen molar-refractivity contribution in [1.82, 2.24) is 10.2 Å². The second-order valence-electron chi connectivity index (χ2n) is 9.40. The van der Waals surface area contributed by atoms with Gasteiger partial charge in [0.05, 0.1) is 6.42 Å². The summed E-state index contributed by atoms with van der Waals surface area (Å²) in [6, 6.07) is 24.2. The van der Waals surface area contributed by atoms with Crippen LogP contribution in [0.1, 0.15) is 37.5 Å². The normalized spacial score (nSPS) is 12.1. The average Bonchev–Trinajstić information content (AvgIpc) is 2.77. The van der Waals surface area contributed by atoms with Gasteiger partial charge in [-0.25, -0.2) is 0 Å². The van der Waals surface area contributed by atoms with E-state index in [1.165, 1.54) is 0 Å². The van der Waals surface area contributed by atoms with Gasteiger partial charge in [0.1, 0.15) is 6.04 Å². The van der Waals surface area contributed by atoms with E-state index in [9.17, 15) is 9.59 Å². The number of rotatable bonds is 8. The van der Waals surface area contributed by atoms with E-state index >= 15 is 0 Å². The zero-order valence-electron chi connectivity index (χ0n) is 19.7. The molecule has 0 spiro atoms. The lowest BCUT2D eigenvalue weighted by molar-refractivity contribution is -0.141. The summed E-state index contributed by atoms with van der Waals surface area (Å²) < 4.78 is 0.925. The maximum Gasteiger partial charge on any atom is 0.243 e. The van der Waals surface area contributed by atoms with Crippen LogP contribution in [-0.2, 0) is 29.0 Å². The molecule has 0 saturated heterocycles. The minimum atomic E-state index is -0.666. The molecule has 0 bridgehead atoms. The van der Waals surface area contributed by atoms with Crippen molar-refractivity contribution in [2.75, 3.05) is 0 Å². The van der Waals surface area contributed by atoms with E-state index in [-0.39, 0.29) is 18.2 Å². The Labute approximate surface area is 215 Å². The highest BCUT2D eigenvalue weighted by Crippen LogP contribution is 2.20. The molecule has 178 valence electrons. The molecule has 4 nitrogen and oxygen atoms in total. The Morgan fingerprint density at radius 3 is 2.18 bits per heavy atom. The second kappa shape index (κ2) is 11.7. The van der Waals surface area contributed by atoms with Gasteiger partial charge >= 0.3 is 0 Å². The first-order valence-electron chi connectivity index (χ1n) is 11.2. The third kappa shape index (κ3) is 8.00. The van der Waals surface area contributed by atoms with Crippen LogP contribution in [0.3, 0.4) is 0 Å². The zero-order valence-corrected chi connectivity index (χ0v) is 22.1. The highest BCUT2D eigenvalue weighted by atomic mass is 79.9. The van der Waals surface area contributed by atoms with Crippen LogP contribution in [0.5, 0.6) is 0 Å². The van der Waals surface area contributed by atoms with Crippen LogP contribution in [0.25, 0.3) is 0 Å². The number of benzene rings is 3. The molecule has 0 saturated carbocycles. The van der Waals surface area contributed by atoms with Crippen molar-refractivity contribution in [3.63, 3.8) is 0 Å². The van der Waals surface area contributed by atoms with Gasteiger partial charge in [-0.05, 0) is 61.7 Å². The van der Waals surface area contributed by atoms with Gasteiger partial charge in [0.15, 0.2) is 0 Å². The van der Waals surface area contributed by atoms with Crippen LogP contribution < -0.4 is 5.32 Å². The topological polar surface area (TPSA) is 49.4 Å². The fourth-order valence-electron chi connectivity index (χ4n) is 3.72.